The molecule has 2 fully saturated rings. The molecule has 0 spiro atoms. The molecule has 0 unspecified atom stereocenters. The molecular formula is C16H22FN3O. The van der Waals surface area contributed by atoms with Gasteiger partial charge in [-0.2, -0.15) is 0 Å². The van der Waals surface area contributed by atoms with Gasteiger partial charge in [0.25, 0.3) is 0 Å². The zero-order chi connectivity index (χ0) is 14.7. The van der Waals surface area contributed by atoms with Crippen LogP contribution in [0.4, 0.5) is 10.1 Å². The van der Waals surface area contributed by atoms with Crippen LogP contribution in [0.3, 0.4) is 0 Å². The predicted octanol–water partition coefficient (Wildman–Crippen LogP) is 1.66. The van der Waals surface area contributed by atoms with Gasteiger partial charge >= 0.3 is 0 Å². The quantitative estimate of drug-likeness (QED) is 0.890. The fourth-order valence-electron chi connectivity index (χ4n) is 3.18. The number of benzene rings is 1. The Kier molecular flexibility index (Phi) is 4.39. The van der Waals surface area contributed by atoms with Crippen molar-refractivity contribution < 1.29 is 9.18 Å². The molecule has 0 radical (unpaired) electrons. The summed E-state index contributed by atoms with van der Waals surface area (Å²) in [5.74, 6) is -0.141. The fraction of sp³-hybridized carbons (Fsp3) is 0.562. The van der Waals surface area contributed by atoms with Gasteiger partial charge in [0.2, 0.25) is 5.91 Å². The third-order valence-electron chi connectivity index (χ3n) is 4.39. The Balaban J connectivity index is 1.59. The molecule has 1 saturated heterocycles. The molecule has 21 heavy (non-hydrogen) atoms. The number of hydrogen-bond acceptors (Lipinski definition) is 3. The third-order valence-corrected chi connectivity index (χ3v) is 4.39. The minimum Gasteiger partial charge on any atom is -0.368 e. The summed E-state index contributed by atoms with van der Waals surface area (Å²) in [7, 11) is 0. The third kappa shape index (κ3) is 3.53. The van der Waals surface area contributed by atoms with Crippen LogP contribution in [0.15, 0.2) is 24.3 Å². The Morgan fingerprint density at radius 3 is 2.67 bits per heavy atom. The second-order valence-electron chi connectivity index (χ2n) is 5.92. The van der Waals surface area contributed by atoms with Crippen molar-refractivity contribution in [1.29, 1.82) is 0 Å². The summed E-state index contributed by atoms with van der Waals surface area (Å²) >= 11 is 0. The van der Waals surface area contributed by atoms with E-state index >= 15 is 0 Å². The van der Waals surface area contributed by atoms with E-state index in [4.69, 9.17) is 0 Å². The SMILES string of the molecule is O=C(NC1CCCC1)[C@H]1CN(c2ccc(F)cc2)CCN1. The van der Waals surface area contributed by atoms with Crippen molar-refractivity contribution in [3.63, 3.8) is 0 Å². The van der Waals surface area contributed by atoms with Crippen LogP contribution in [-0.2, 0) is 4.79 Å². The zero-order valence-electron chi connectivity index (χ0n) is 12.1. The second kappa shape index (κ2) is 6.43. The summed E-state index contributed by atoms with van der Waals surface area (Å²) in [6.07, 6.45) is 4.62. The topological polar surface area (TPSA) is 44.4 Å². The number of nitrogens with zero attached hydrogens (tertiary/aromatic N) is 1. The number of carbonyl (C=O) groups is 1. The van der Waals surface area contributed by atoms with Crippen LogP contribution >= 0.6 is 0 Å². The van der Waals surface area contributed by atoms with Gasteiger partial charge in [0.1, 0.15) is 11.9 Å². The predicted molar refractivity (Wildman–Crippen MR) is 80.8 cm³/mol. The molecule has 5 heteroatoms. The lowest BCUT2D eigenvalue weighted by Gasteiger charge is -2.35. The minimum atomic E-state index is -0.232. The van der Waals surface area contributed by atoms with Gasteiger partial charge in [-0.3, -0.25) is 4.79 Å². The Hall–Kier alpha value is -1.62. The molecule has 1 aromatic carbocycles. The van der Waals surface area contributed by atoms with Crippen LogP contribution in [0.2, 0.25) is 0 Å². The van der Waals surface area contributed by atoms with Crippen molar-refractivity contribution in [3.8, 4) is 0 Å². The van der Waals surface area contributed by atoms with Crippen LogP contribution in [0, 0.1) is 5.82 Å². The van der Waals surface area contributed by atoms with Crippen molar-refractivity contribution in [2.75, 3.05) is 24.5 Å². The maximum atomic E-state index is 13.0. The summed E-state index contributed by atoms with van der Waals surface area (Å²) in [5.41, 5.74) is 0.969. The molecule has 3 rings (SSSR count). The molecule has 1 aliphatic heterocycles. The molecule has 114 valence electrons. The van der Waals surface area contributed by atoms with Gasteiger partial charge in [-0.15, -0.1) is 0 Å². The molecule has 2 N–H and O–H groups in total. The van der Waals surface area contributed by atoms with Crippen LogP contribution < -0.4 is 15.5 Å². The maximum Gasteiger partial charge on any atom is 0.239 e. The summed E-state index contributed by atoms with van der Waals surface area (Å²) in [6, 6.07) is 6.62. The Morgan fingerprint density at radius 1 is 1.24 bits per heavy atom. The van der Waals surface area contributed by atoms with Gasteiger partial charge in [0.05, 0.1) is 0 Å². The summed E-state index contributed by atoms with van der Waals surface area (Å²) in [5, 5.41) is 6.42. The van der Waals surface area contributed by atoms with E-state index in [0.717, 1.165) is 31.6 Å². The highest BCUT2D eigenvalue weighted by Gasteiger charge is 2.27. The van der Waals surface area contributed by atoms with E-state index in [1.165, 1.54) is 25.0 Å². The summed E-state index contributed by atoms with van der Waals surface area (Å²) in [4.78, 5) is 14.5. The van der Waals surface area contributed by atoms with Crippen molar-refractivity contribution in [2.45, 2.75) is 37.8 Å². The van der Waals surface area contributed by atoms with Gasteiger partial charge in [0.15, 0.2) is 0 Å². The lowest BCUT2D eigenvalue weighted by molar-refractivity contribution is -0.123. The molecule has 1 amide bonds. The maximum absolute atomic E-state index is 13.0. The number of hydrogen-bond donors (Lipinski definition) is 2. The smallest absolute Gasteiger partial charge is 0.239 e. The van der Waals surface area contributed by atoms with E-state index in [1.807, 2.05) is 0 Å². The van der Waals surface area contributed by atoms with Crippen LogP contribution in [0.5, 0.6) is 0 Å². The van der Waals surface area contributed by atoms with E-state index in [2.05, 4.69) is 15.5 Å². The monoisotopic (exact) mass is 291 g/mol. The van der Waals surface area contributed by atoms with Crippen LogP contribution in [-0.4, -0.2) is 37.6 Å². The second-order valence-corrected chi connectivity index (χ2v) is 5.92. The van der Waals surface area contributed by atoms with Gasteiger partial charge in [-0.05, 0) is 37.1 Å². The Bertz CT molecular complexity index is 485. The average Bonchev–Trinajstić information content (AvgIpc) is 3.01. The molecule has 1 heterocycles. The van der Waals surface area contributed by atoms with E-state index in [0.29, 0.717) is 12.6 Å². The summed E-state index contributed by atoms with van der Waals surface area (Å²) < 4.78 is 13.0. The number of rotatable bonds is 3. The number of halogens is 1. The first-order valence-corrected chi connectivity index (χ1v) is 7.76. The first-order chi connectivity index (χ1) is 10.2. The lowest BCUT2D eigenvalue weighted by atomic mass is 10.1. The van der Waals surface area contributed by atoms with E-state index in [9.17, 15) is 9.18 Å². The van der Waals surface area contributed by atoms with E-state index < -0.39 is 0 Å². The summed E-state index contributed by atoms with van der Waals surface area (Å²) in [6.45, 7) is 2.23. The molecule has 4 nitrogen and oxygen atoms in total. The first kappa shape index (κ1) is 14.3. The molecule has 1 aromatic rings. The van der Waals surface area contributed by atoms with Gasteiger partial charge in [-0.1, -0.05) is 12.8 Å². The number of piperazine rings is 1. The Labute approximate surface area is 124 Å². The van der Waals surface area contributed by atoms with Crippen molar-refractivity contribution in [2.24, 2.45) is 0 Å². The highest BCUT2D eigenvalue weighted by atomic mass is 19.1. The van der Waals surface area contributed by atoms with Crippen molar-refractivity contribution in [3.05, 3.63) is 30.1 Å². The number of nitrogens with one attached hydrogen (secondary N) is 2. The number of amides is 1. The van der Waals surface area contributed by atoms with Gasteiger partial charge < -0.3 is 15.5 Å². The number of anilines is 1. The van der Waals surface area contributed by atoms with Gasteiger partial charge in [-0.25, -0.2) is 4.39 Å². The molecular weight excluding hydrogens is 269 g/mol. The van der Waals surface area contributed by atoms with Crippen molar-refractivity contribution >= 4 is 11.6 Å². The first-order valence-electron chi connectivity index (χ1n) is 7.76. The minimum absolute atomic E-state index is 0.0914. The van der Waals surface area contributed by atoms with Gasteiger partial charge in [0, 0.05) is 31.4 Å². The standard InChI is InChI=1S/C16H22FN3O/c17-12-5-7-14(8-6-12)20-10-9-18-15(11-20)16(21)19-13-3-1-2-4-13/h5-8,13,15,18H,1-4,9-11H2,(H,19,21)/t15-/m1/s1. The largest absolute Gasteiger partial charge is 0.368 e. The van der Waals surface area contributed by atoms with E-state index in [-0.39, 0.29) is 17.8 Å². The van der Waals surface area contributed by atoms with E-state index in [1.54, 1.807) is 12.1 Å². The fourth-order valence-corrected chi connectivity index (χ4v) is 3.18. The lowest BCUT2D eigenvalue weighted by Crippen LogP contribution is -2.58. The molecule has 1 aliphatic carbocycles. The zero-order valence-corrected chi connectivity index (χ0v) is 12.1. The highest BCUT2D eigenvalue weighted by Crippen LogP contribution is 2.19. The van der Waals surface area contributed by atoms with Crippen molar-refractivity contribution in [1.82, 2.24) is 10.6 Å². The normalized spacial score (nSPS) is 23.3. The highest BCUT2D eigenvalue weighted by molar-refractivity contribution is 5.83. The van der Waals surface area contributed by atoms with Crippen LogP contribution in [0.1, 0.15) is 25.7 Å². The molecule has 1 atom stereocenters. The average molecular weight is 291 g/mol. The molecule has 1 saturated carbocycles. The molecule has 0 bridgehead atoms. The number of carbonyl (C=O) groups excluding carboxylic acids is 1. The molecule has 0 aromatic heterocycles. The van der Waals surface area contributed by atoms with Crippen LogP contribution in [0.25, 0.3) is 0 Å². The Morgan fingerprint density at radius 2 is 1.95 bits per heavy atom. The molecule has 2 aliphatic rings.